The summed E-state index contributed by atoms with van der Waals surface area (Å²) in [4.78, 5) is 0. The number of hydrogen-bond donors (Lipinski definition) is 0. The lowest BCUT2D eigenvalue weighted by Gasteiger charge is -2.32. The summed E-state index contributed by atoms with van der Waals surface area (Å²) in [5.41, 5.74) is 0. The summed E-state index contributed by atoms with van der Waals surface area (Å²) in [5.74, 6) is 5.59. The van der Waals surface area contributed by atoms with Crippen LogP contribution in [0, 0.1) is 35.5 Å². The van der Waals surface area contributed by atoms with E-state index in [1.807, 2.05) is 0 Å². The molecule has 84 valence electrons. The van der Waals surface area contributed by atoms with Gasteiger partial charge in [-0.3, -0.25) is 0 Å². The molecule has 1 saturated carbocycles. The molecule has 0 aromatic heterocycles. The van der Waals surface area contributed by atoms with Crippen LogP contribution in [0.1, 0.15) is 54.4 Å². The van der Waals surface area contributed by atoms with Gasteiger partial charge in [0.2, 0.25) is 0 Å². The van der Waals surface area contributed by atoms with Crippen LogP contribution in [0.2, 0.25) is 0 Å². The third-order valence-corrected chi connectivity index (χ3v) is 4.30. The van der Waals surface area contributed by atoms with Crippen molar-refractivity contribution < 1.29 is 0 Å². The second-order valence-electron chi connectivity index (χ2n) is 6.21. The van der Waals surface area contributed by atoms with Crippen LogP contribution >= 0.6 is 0 Å². The van der Waals surface area contributed by atoms with Gasteiger partial charge in [-0.15, -0.1) is 0 Å². The minimum atomic E-state index is 0.872. The van der Waals surface area contributed by atoms with Crippen LogP contribution in [0.25, 0.3) is 0 Å². The van der Waals surface area contributed by atoms with E-state index >= 15 is 0 Å². The topological polar surface area (TPSA) is 0 Å². The molecule has 0 aromatic rings. The monoisotopic (exact) mass is 196 g/mol. The molecule has 3 atom stereocenters. The Balaban J connectivity index is 2.74. The third-order valence-electron chi connectivity index (χ3n) is 4.30. The molecule has 1 aliphatic carbocycles. The van der Waals surface area contributed by atoms with Crippen LogP contribution in [0.15, 0.2) is 0 Å². The van der Waals surface area contributed by atoms with Gasteiger partial charge in [-0.05, 0) is 48.3 Å². The lowest BCUT2D eigenvalue weighted by Crippen LogP contribution is -2.26. The maximum atomic E-state index is 2.42. The van der Waals surface area contributed by atoms with Crippen LogP contribution < -0.4 is 0 Å². The molecule has 1 fully saturated rings. The average Bonchev–Trinajstić information content (AvgIpc) is 2.46. The summed E-state index contributed by atoms with van der Waals surface area (Å²) in [6.45, 7) is 14.5. The predicted molar refractivity (Wildman–Crippen MR) is 64.2 cm³/mol. The standard InChI is InChI=1S/C14H28/c1-9(2)12-7-8-13(10(3)4)14(12)11(5)6/h9-14H,7-8H2,1-6H3/t12-,13+,14?. The van der Waals surface area contributed by atoms with Gasteiger partial charge in [-0.1, -0.05) is 41.5 Å². The summed E-state index contributed by atoms with van der Waals surface area (Å²) in [7, 11) is 0. The van der Waals surface area contributed by atoms with E-state index in [4.69, 9.17) is 0 Å². The summed E-state index contributed by atoms with van der Waals surface area (Å²) in [6.07, 6.45) is 2.95. The quantitative estimate of drug-likeness (QED) is 0.619. The Morgan fingerprint density at radius 3 is 1.21 bits per heavy atom. The second-order valence-corrected chi connectivity index (χ2v) is 6.21. The van der Waals surface area contributed by atoms with Crippen molar-refractivity contribution in [2.75, 3.05) is 0 Å². The van der Waals surface area contributed by atoms with Gasteiger partial charge in [0.1, 0.15) is 0 Å². The minimum Gasteiger partial charge on any atom is -0.0625 e. The molecular weight excluding hydrogens is 168 g/mol. The summed E-state index contributed by atoms with van der Waals surface area (Å²) < 4.78 is 0. The molecule has 14 heavy (non-hydrogen) atoms. The van der Waals surface area contributed by atoms with Crippen molar-refractivity contribution >= 4 is 0 Å². The molecule has 0 aromatic carbocycles. The zero-order valence-electron chi connectivity index (χ0n) is 10.9. The van der Waals surface area contributed by atoms with Crippen molar-refractivity contribution in [1.29, 1.82) is 0 Å². The van der Waals surface area contributed by atoms with E-state index in [1.54, 1.807) is 0 Å². The Labute approximate surface area is 90.5 Å². The van der Waals surface area contributed by atoms with Crippen LogP contribution in [-0.4, -0.2) is 0 Å². The lowest BCUT2D eigenvalue weighted by molar-refractivity contribution is 0.159. The summed E-state index contributed by atoms with van der Waals surface area (Å²) in [5, 5.41) is 0. The maximum Gasteiger partial charge on any atom is -0.0329 e. The zero-order chi connectivity index (χ0) is 10.9. The molecule has 1 aliphatic rings. The van der Waals surface area contributed by atoms with Crippen LogP contribution in [-0.2, 0) is 0 Å². The molecule has 0 amide bonds. The SMILES string of the molecule is CC(C)C1[C@@H](C(C)C)CC[C@H]1C(C)C. The molecule has 0 N–H and O–H groups in total. The van der Waals surface area contributed by atoms with Crippen molar-refractivity contribution in [3.05, 3.63) is 0 Å². The highest BCUT2D eigenvalue weighted by molar-refractivity contribution is 4.89. The maximum absolute atomic E-state index is 2.42. The smallest absolute Gasteiger partial charge is 0.0329 e. The van der Waals surface area contributed by atoms with Gasteiger partial charge in [0, 0.05) is 0 Å². The highest BCUT2D eigenvalue weighted by atomic mass is 14.4. The summed E-state index contributed by atoms with van der Waals surface area (Å²) in [6, 6.07) is 0. The molecule has 1 unspecified atom stereocenters. The van der Waals surface area contributed by atoms with Crippen molar-refractivity contribution in [2.24, 2.45) is 35.5 Å². The fraction of sp³-hybridized carbons (Fsp3) is 1.00. The van der Waals surface area contributed by atoms with Crippen LogP contribution in [0.3, 0.4) is 0 Å². The first-order valence-corrected chi connectivity index (χ1v) is 6.45. The Bertz CT molecular complexity index is 151. The van der Waals surface area contributed by atoms with Crippen LogP contribution in [0.4, 0.5) is 0 Å². The second kappa shape index (κ2) is 4.68. The van der Waals surface area contributed by atoms with Gasteiger partial charge >= 0.3 is 0 Å². The predicted octanol–water partition coefficient (Wildman–Crippen LogP) is 4.60. The molecule has 0 saturated heterocycles. The Morgan fingerprint density at radius 2 is 1.00 bits per heavy atom. The molecule has 0 spiro atoms. The molecule has 0 bridgehead atoms. The number of rotatable bonds is 3. The summed E-state index contributed by atoms with van der Waals surface area (Å²) >= 11 is 0. The van der Waals surface area contributed by atoms with E-state index in [0.29, 0.717) is 0 Å². The molecule has 1 rings (SSSR count). The minimum absolute atomic E-state index is 0.872. The lowest BCUT2D eigenvalue weighted by atomic mass is 9.73. The van der Waals surface area contributed by atoms with E-state index < -0.39 is 0 Å². The van der Waals surface area contributed by atoms with Gasteiger partial charge in [0.15, 0.2) is 0 Å². The van der Waals surface area contributed by atoms with Gasteiger partial charge in [0.05, 0.1) is 0 Å². The van der Waals surface area contributed by atoms with Crippen molar-refractivity contribution in [2.45, 2.75) is 54.4 Å². The van der Waals surface area contributed by atoms with E-state index in [-0.39, 0.29) is 0 Å². The van der Waals surface area contributed by atoms with Crippen molar-refractivity contribution in [1.82, 2.24) is 0 Å². The molecule has 0 nitrogen and oxygen atoms in total. The van der Waals surface area contributed by atoms with E-state index in [9.17, 15) is 0 Å². The average molecular weight is 196 g/mol. The van der Waals surface area contributed by atoms with E-state index in [2.05, 4.69) is 41.5 Å². The van der Waals surface area contributed by atoms with Gasteiger partial charge in [-0.2, -0.15) is 0 Å². The first-order valence-electron chi connectivity index (χ1n) is 6.45. The Morgan fingerprint density at radius 1 is 0.643 bits per heavy atom. The normalized spacial score (nSPS) is 29.8. The van der Waals surface area contributed by atoms with Crippen LogP contribution in [0.5, 0.6) is 0 Å². The Hall–Kier alpha value is 0. The third kappa shape index (κ3) is 2.32. The molecule has 0 aliphatic heterocycles. The van der Waals surface area contributed by atoms with E-state index in [0.717, 1.165) is 35.5 Å². The van der Waals surface area contributed by atoms with Gasteiger partial charge < -0.3 is 0 Å². The van der Waals surface area contributed by atoms with Gasteiger partial charge in [0.25, 0.3) is 0 Å². The molecule has 0 heterocycles. The Kier molecular flexibility index (Phi) is 4.04. The van der Waals surface area contributed by atoms with Crippen molar-refractivity contribution in [3.63, 3.8) is 0 Å². The first-order chi connectivity index (χ1) is 6.45. The zero-order valence-corrected chi connectivity index (χ0v) is 10.9. The fourth-order valence-corrected chi connectivity index (χ4v) is 3.63. The highest BCUT2D eigenvalue weighted by Crippen LogP contribution is 2.47. The first kappa shape index (κ1) is 12.1. The number of hydrogen-bond acceptors (Lipinski definition) is 0. The highest BCUT2D eigenvalue weighted by Gasteiger charge is 2.40. The fourth-order valence-electron chi connectivity index (χ4n) is 3.63. The van der Waals surface area contributed by atoms with Crippen molar-refractivity contribution in [3.8, 4) is 0 Å². The van der Waals surface area contributed by atoms with E-state index in [1.165, 1.54) is 12.8 Å². The molecular formula is C14H28. The largest absolute Gasteiger partial charge is 0.0625 e. The van der Waals surface area contributed by atoms with Gasteiger partial charge in [-0.25, -0.2) is 0 Å². The molecule has 0 radical (unpaired) electrons. The molecule has 0 heteroatoms.